The van der Waals surface area contributed by atoms with E-state index in [9.17, 15) is 0 Å². The average molecular weight is 563 g/mol. The van der Waals surface area contributed by atoms with E-state index in [0.717, 1.165) is 22.3 Å². The van der Waals surface area contributed by atoms with Crippen LogP contribution >= 0.6 is 0 Å². The number of rotatable bonds is 2. The Morgan fingerprint density at radius 1 is 0.477 bits per heavy atom. The van der Waals surface area contributed by atoms with Crippen molar-refractivity contribution in [1.82, 2.24) is 0 Å². The molecule has 2 heteroatoms. The molecule has 0 bridgehead atoms. The molecule has 1 aromatic heterocycles. The fourth-order valence-corrected chi connectivity index (χ4v) is 7.65. The number of hydrogen-bond donors (Lipinski definition) is 0. The molecule has 10 rings (SSSR count). The van der Waals surface area contributed by atoms with Crippen LogP contribution in [0, 0.1) is 0 Å². The lowest BCUT2D eigenvalue weighted by atomic mass is 9.84. The molecule has 206 valence electrons. The predicted molar refractivity (Wildman–Crippen MR) is 183 cm³/mol. The van der Waals surface area contributed by atoms with Gasteiger partial charge in [-0.1, -0.05) is 109 Å². The number of hydrogen-bond acceptors (Lipinski definition) is 2. The van der Waals surface area contributed by atoms with Gasteiger partial charge in [0.25, 0.3) is 0 Å². The largest absolute Gasteiger partial charge is 0.485 e. The molecule has 2 heterocycles. The second-order valence-electron chi connectivity index (χ2n) is 11.9. The quantitative estimate of drug-likeness (QED) is 0.196. The Labute approximate surface area is 254 Å². The molecule has 2 unspecified atom stereocenters. The summed E-state index contributed by atoms with van der Waals surface area (Å²) in [7, 11) is 0. The zero-order chi connectivity index (χ0) is 28.8. The first-order valence-electron chi connectivity index (χ1n) is 15.3. The van der Waals surface area contributed by atoms with Crippen molar-refractivity contribution in [2.24, 2.45) is 0 Å². The summed E-state index contributed by atoms with van der Waals surface area (Å²) in [6.07, 6.45) is 8.71. The Bertz CT molecular complexity index is 2490. The van der Waals surface area contributed by atoms with Crippen molar-refractivity contribution in [1.29, 1.82) is 0 Å². The van der Waals surface area contributed by atoms with E-state index in [4.69, 9.17) is 9.15 Å². The molecular formula is C42H26O2. The minimum absolute atomic E-state index is 0.0761. The highest BCUT2D eigenvalue weighted by Crippen LogP contribution is 2.48. The first-order valence-corrected chi connectivity index (χ1v) is 15.3. The maximum Gasteiger partial charge on any atom is 0.136 e. The van der Waals surface area contributed by atoms with Crippen LogP contribution < -0.4 is 4.74 Å². The zero-order valence-corrected chi connectivity index (χ0v) is 23.8. The van der Waals surface area contributed by atoms with Crippen molar-refractivity contribution < 1.29 is 9.15 Å². The number of fused-ring (bicyclic) bond motifs is 10. The van der Waals surface area contributed by atoms with Gasteiger partial charge in [0.05, 0.1) is 0 Å². The van der Waals surface area contributed by atoms with Crippen LogP contribution in [0.1, 0.15) is 11.5 Å². The van der Waals surface area contributed by atoms with Gasteiger partial charge in [0.1, 0.15) is 23.0 Å². The third kappa shape index (κ3) is 3.31. The zero-order valence-electron chi connectivity index (χ0n) is 23.8. The maximum atomic E-state index is 6.36. The summed E-state index contributed by atoms with van der Waals surface area (Å²) >= 11 is 0. The van der Waals surface area contributed by atoms with E-state index in [-0.39, 0.29) is 12.0 Å². The van der Waals surface area contributed by atoms with Crippen LogP contribution in [0.25, 0.3) is 76.5 Å². The highest BCUT2D eigenvalue weighted by Gasteiger charge is 2.32. The smallest absolute Gasteiger partial charge is 0.136 e. The van der Waals surface area contributed by atoms with Gasteiger partial charge in [-0.3, -0.25) is 0 Å². The molecular weight excluding hydrogens is 536 g/mol. The van der Waals surface area contributed by atoms with E-state index >= 15 is 0 Å². The number of ether oxygens (including phenoxy) is 1. The lowest BCUT2D eigenvalue weighted by Crippen LogP contribution is -2.15. The Morgan fingerprint density at radius 2 is 1.09 bits per heavy atom. The summed E-state index contributed by atoms with van der Waals surface area (Å²) in [6, 6.07) is 44.0. The van der Waals surface area contributed by atoms with Crippen molar-refractivity contribution in [2.45, 2.75) is 12.0 Å². The fourth-order valence-electron chi connectivity index (χ4n) is 7.65. The number of furan rings is 1. The second kappa shape index (κ2) is 8.95. The second-order valence-corrected chi connectivity index (χ2v) is 11.9. The highest BCUT2D eigenvalue weighted by molar-refractivity contribution is 6.23. The normalized spacial score (nSPS) is 17.1. The van der Waals surface area contributed by atoms with Crippen molar-refractivity contribution in [3.05, 3.63) is 151 Å². The van der Waals surface area contributed by atoms with Gasteiger partial charge >= 0.3 is 0 Å². The van der Waals surface area contributed by atoms with Crippen LogP contribution in [-0.4, -0.2) is 6.10 Å². The third-order valence-corrected chi connectivity index (χ3v) is 9.58. The van der Waals surface area contributed by atoms with Gasteiger partial charge in [0.15, 0.2) is 0 Å². The summed E-state index contributed by atoms with van der Waals surface area (Å²) in [5.41, 5.74) is 8.02. The Hall–Kier alpha value is -5.60. The van der Waals surface area contributed by atoms with Crippen LogP contribution in [0.5, 0.6) is 5.75 Å². The molecule has 2 atom stereocenters. The van der Waals surface area contributed by atoms with E-state index < -0.39 is 0 Å². The van der Waals surface area contributed by atoms with Crippen LogP contribution in [0.15, 0.2) is 150 Å². The van der Waals surface area contributed by atoms with E-state index in [0.29, 0.717) is 0 Å². The van der Waals surface area contributed by atoms with E-state index in [1.54, 1.807) is 0 Å². The van der Waals surface area contributed by atoms with E-state index in [2.05, 4.69) is 146 Å². The average Bonchev–Trinajstić information content (AvgIpc) is 3.65. The molecule has 0 N–H and O–H groups in total. The SMILES string of the molecule is C1=CC2Oc3ccc(-c4c5ccccc5c(-c5ccc6oc7ccc8ccccc8c7c6c5)c5ccccc45)cc3C2C=C1. The lowest BCUT2D eigenvalue weighted by Gasteiger charge is -2.18. The van der Waals surface area contributed by atoms with E-state index in [1.807, 2.05) is 0 Å². The van der Waals surface area contributed by atoms with Gasteiger partial charge in [-0.25, -0.2) is 0 Å². The van der Waals surface area contributed by atoms with E-state index in [1.165, 1.54) is 65.5 Å². The number of allylic oxidation sites excluding steroid dienone is 2. The van der Waals surface area contributed by atoms with Gasteiger partial charge in [-0.15, -0.1) is 0 Å². The number of benzene rings is 7. The monoisotopic (exact) mass is 562 g/mol. The molecule has 8 aromatic rings. The minimum Gasteiger partial charge on any atom is -0.485 e. The summed E-state index contributed by atoms with van der Waals surface area (Å²) in [4.78, 5) is 0. The molecule has 2 aliphatic rings. The first-order chi connectivity index (χ1) is 21.8. The fraction of sp³-hybridized carbons (Fsp3) is 0.0476. The lowest BCUT2D eigenvalue weighted by molar-refractivity contribution is 0.269. The minimum atomic E-state index is 0.0761. The third-order valence-electron chi connectivity index (χ3n) is 9.58. The van der Waals surface area contributed by atoms with Crippen LogP contribution in [-0.2, 0) is 0 Å². The van der Waals surface area contributed by atoms with Gasteiger partial charge in [-0.2, -0.15) is 0 Å². The molecule has 0 saturated carbocycles. The maximum absolute atomic E-state index is 6.36. The molecule has 1 aliphatic heterocycles. The van der Waals surface area contributed by atoms with Gasteiger partial charge in [-0.05, 0) is 91.0 Å². The van der Waals surface area contributed by atoms with Gasteiger partial charge in [0.2, 0.25) is 0 Å². The Balaban J connectivity index is 1.26. The van der Waals surface area contributed by atoms with Crippen LogP contribution in [0.2, 0.25) is 0 Å². The molecule has 2 nitrogen and oxygen atoms in total. The standard InChI is InChI=1S/C42H26O2/c1-2-10-28-25(9-1)17-22-39-42(28)35-24-27(19-21-38(35)44-39)41-32-14-5-3-12-30(32)40(31-13-4-6-15-33(31)41)26-18-20-37-34(23-26)29-11-7-8-16-36(29)43-37/h1-24,29,36H. The van der Waals surface area contributed by atoms with Crippen molar-refractivity contribution >= 4 is 54.3 Å². The van der Waals surface area contributed by atoms with Crippen molar-refractivity contribution in [3.63, 3.8) is 0 Å². The molecule has 0 fully saturated rings. The summed E-state index contributed by atoms with van der Waals surface area (Å²) < 4.78 is 12.7. The summed E-state index contributed by atoms with van der Waals surface area (Å²) in [5, 5.41) is 9.75. The first kappa shape index (κ1) is 23.9. The van der Waals surface area contributed by atoms with Crippen LogP contribution in [0.3, 0.4) is 0 Å². The molecule has 0 spiro atoms. The summed E-state index contributed by atoms with van der Waals surface area (Å²) in [5.74, 6) is 1.23. The van der Waals surface area contributed by atoms with Gasteiger partial charge < -0.3 is 9.15 Å². The van der Waals surface area contributed by atoms with Crippen molar-refractivity contribution in [2.75, 3.05) is 0 Å². The molecule has 0 amide bonds. The highest BCUT2D eigenvalue weighted by atomic mass is 16.5. The molecule has 7 aromatic carbocycles. The molecule has 44 heavy (non-hydrogen) atoms. The predicted octanol–water partition coefficient (Wildman–Crippen LogP) is 11.4. The molecule has 1 aliphatic carbocycles. The Morgan fingerprint density at radius 3 is 1.84 bits per heavy atom. The molecule has 0 radical (unpaired) electrons. The summed E-state index contributed by atoms with van der Waals surface area (Å²) in [6.45, 7) is 0. The van der Waals surface area contributed by atoms with Gasteiger partial charge in [0, 0.05) is 22.3 Å². The topological polar surface area (TPSA) is 22.4 Å². The Kier molecular flexibility index (Phi) is 4.86. The van der Waals surface area contributed by atoms with Crippen molar-refractivity contribution in [3.8, 4) is 28.0 Å². The van der Waals surface area contributed by atoms with Crippen LogP contribution in [0.4, 0.5) is 0 Å². The molecule has 0 saturated heterocycles.